The maximum absolute atomic E-state index is 11.9. The second-order valence-corrected chi connectivity index (χ2v) is 6.49. The van der Waals surface area contributed by atoms with Gasteiger partial charge in [-0.05, 0) is 23.8 Å². The van der Waals surface area contributed by atoms with Gasteiger partial charge in [0.2, 0.25) is 5.91 Å². The molecule has 23 heavy (non-hydrogen) atoms. The maximum atomic E-state index is 11.9. The molecular formula is C13H14N6O3S. The zero-order valence-corrected chi connectivity index (χ0v) is 12.7. The molecule has 1 amide bonds. The first-order chi connectivity index (χ1) is 10.9. The molecule has 0 saturated heterocycles. The van der Waals surface area contributed by atoms with E-state index >= 15 is 0 Å². The van der Waals surface area contributed by atoms with Gasteiger partial charge >= 0.3 is 0 Å². The van der Waals surface area contributed by atoms with Crippen molar-refractivity contribution < 1.29 is 13.2 Å². The van der Waals surface area contributed by atoms with Gasteiger partial charge in [-0.1, -0.05) is 0 Å². The Morgan fingerprint density at radius 3 is 2.78 bits per heavy atom. The van der Waals surface area contributed by atoms with Gasteiger partial charge in [0.15, 0.2) is 5.82 Å². The van der Waals surface area contributed by atoms with Crippen molar-refractivity contribution in [3.63, 3.8) is 0 Å². The average molecular weight is 334 g/mol. The molecule has 1 aliphatic rings. The van der Waals surface area contributed by atoms with Crippen LogP contribution in [0.5, 0.6) is 0 Å². The van der Waals surface area contributed by atoms with Crippen molar-refractivity contribution in [3.8, 4) is 0 Å². The van der Waals surface area contributed by atoms with E-state index in [4.69, 9.17) is 5.14 Å². The minimum Gasteiger partial charge on any atom is -0.305 e. The van der Waals surface area contributed by atoms with E-state index in [1.165, 1.54) is 6.08 Å². The monoisotopic (exact) mass is 334 g/mol. The van der Waals surface area contributed by atoms with E-state index in [1.54, 1.807) is 30.6 Å². The number of nitrogens with zero attached hydrogens (tertiary/aromatic N) is 3. The SMILES string of the molecule is NS(=O)(=O)N1Cc2[nH]nc(NC(=O)/C=C\c3ccncc3)c2C1. The van der Waals surface area contributed by atoms with Crippen LogP contribution in [0.3, 0.4) is 0 Å². The van der Waals surface area contributed by atoms with Crippen LogP contribution in [0.15, 0.2) is 30.6 Å². The number of nitrogens with two attached hydrogens (primary N) is 1. The smallest absolute Gasteiger partial charge is 0.277 e. The fourth-order valence-corrected chi connectivity index (χ4v) is 2.82. The first-order valence-corrected chi connectivity index (χ1v) is 8.17. The minimum absolute atomic E-state index is 0.0777. The first-order valence-electron chi connectivity index (χ1n) is 6.66. The van der Waals surface area contributed by atoms with Crippen molar-refractivity contribution >= 4 is 28.0 Å². The fraction of sp³-hybridized carbons (Fsp3) is 0.154. The fourth-order valence-electron chi connectivity index (χ4n) is 2.20. The number of H-pyrrole nitrogens is 1. The summed E-state index contributed by atoms with van der Waals surface area (Å²) in [5.41, 5.74) is 2.07. The third kappa shape index (κ3) is 3.44. The van der Waals surface area contributed by atoms with Gasteiger partial charge in [0.25, 0.3) is 10.2 Å². The first kappa shape index (κ1) is 15.3. The van der Waals surface area contributed by atoms with Crippen LogP contribution in [0, 0.1) is 0 Å². The van der Waals surface area contributed by atoms with E-state index in [2.05, 4.69) is 20.5 Å². The summed E-state index contributed by atoms with van der Waals surface area (Å²) in [6.07, 6.45) is 6.25. The molecule has 0 bridgehead atoms. The van der Waals surface area contributed by atoms with Crippen LogP contribution in [0.4, 0.5) is 5.82 Å². The second kappa shape index (κ2) is 5.91. The molecule has 2 aromatic heterocycles. The molecule has 0 atom stereocenters. The summed E-state index contributed by atoms with van der Waals surface area (Å²) >= 11 is 0. The minimum atomic E-state index is -3.78. The molecule has 4 N–H and O–H groups in total. The Morgan fingerprint density at radius 2 is 2.09 bits per heavy atom. The highest BCUT2D eigenvalue weighted by Gasteiger charge is 2.31. The van der Waals surface area contributed by atoms with E-state index in [9.17, 15) is 13.2 Å². The number of aromatic nitrogens is 3. The number of carbonyl (C=O) groups excluding carboxylic acids is 1. The van der Waals surface area contributed by atoms with E-state index in [0.29, 0.717) is 17.1 Å². The van der Waals surface area contributed by atoms with Crippen LogP contribution >= 0.6 is 0 Å². The molecule has 3 rings (SSSR count). The van der Waals surface area contributed by atoms with Crippen LogP contribution in [0.2, 0.25) is 0 Å². The number of hydrogen-bond donors (Lipinski definition) is 3. The number of amides is 1. The molecular weight excluding hydrogens is 320 g/mol. The normalized spacial score (nSPS) is 15.0. The highest BCUT2D eigenvalue weighted by Crippen LogP contribution is 2.27. The van der Waals surface area contributed by atoms with Crippen LogP contribution in [-0.2, 0) is 28.1 Å². The molecule has 10 heteroatoms. The molecule has 3 heterocycles. The van der Waals surface area contributed by atoms with Crippen molar-refractivity contribution in [2.24, 2.45) is 5.14 Å². The maximum Gasteiger partial charge on any atom is 0.277 e. The molecule has 0 fully saturated rings. The van der Waals surface area contributed by atoms with Crippen molar-refractivity contribution in [2.45, 2.75) is 13.1 Å². The Labute approximate surface area is 132 Å². The largest absolute Gasteiger partial charge is 0.305 e. The highest BCUT2D eigenvalue weighted by atomic mass is 32.2. The molecule has 0 unspecified atom stereocenters. The predicted octanol–water partition coefficient (Wildman–Crippen LogP) is -0.0243. The van der Waals surface area contributed by atoms with Crippen LogP contribution < -0.4 is 10.5 Å². The van der Waals surface area contributed by atoms with Gasteiger partial charge in [-0.3, -0.25) is 14.9 Å². The summed E-state index contributed by atoms with van der Waals surface area (Å²) in [4.78, 5) is 15.8. The van der Waals surface area contributed by atoms with Crippen molar-refractivity contribution in [1.82, 2.24) is 19.5 Å². The quantitative estimate of drug-likeness (QED) is 0.675. The Morgan fingerprint density at radius 1 is 1.35 bits per heavy atom. The summed E-state index contributed by atoms with van der Waals surface area (Å²) in [6.45, 7) is 0.193. The molecule has 0 radical (unpaired) electrons. The van der Waals surface area contributed by atoms with Crippen LogP contribution in [-0.4, -0.2) is 33.8 Å². The zero-order chi connectivity index (χ0) is 16.4. The lowest BCUT2D eigenvalue weighted by Gasteiger charge is -2.10. The topological polar surface area (TPSA) is 134 Å². The van der Waals surface area contributed by atoms with Gasteiger partial charge in [-0.15, -0.1) is 0 Å². The molecule has 0 aromatic carbocycles. The van der Waals surface area contributed by atoms with E-state index in [0.717, 1.165) is 9.87 Å². The number of anilines is 1. The third-order valence-corrected chi connectivity index (χ3v) is 4.33. The van der Waals surface area contributed by atoms with Gasteiger partial charge in [0.1, 0.15) is 0 Å². The molecule has 0 saturated carbocycles. The molecule has 2 aromatic rings. The Kier molecular flexibility index (Phi) is 3.94. The lowest BCUT2D eigenvalue weighted by molar-refractivity contribution is -0.111. The lowest BCUT2D eigenvalue weighted by atomic mass is 10.2. The van der Waals surface area contributed by atoms with E-state index in [-0.39, 0.29) is 19.0 Å². The third-order valence-electron chi connectivity index (χ3n) is 3.36. The second-order valence-electron chi connectivity index (χ2n) is 4.95. The predicted molar refractivity (Wildman–Crippen MR) is 82.8 cm³/mol. The van der Waals surface area contributed by atoms with Crippen LogP contribution in [0.25, 0.3) is 6.08 Å². The lowest BCUT2D eigenvalue weighted by Crippen LogP contribution is -2.32. The van der Waals surface area contributed by atoms with E-state index in [1.807, 2.05) is 0 Å². The van der Waals surface area contributed by atoms with Crippen molar-refractivity contribution in [2.75, 3.05) is 5.32 Å². The number of pyridine rings is 1. The van der Waals surface area contributed by atoms with Crippen molar-refractivity contribution in [1.29, 1.82) is 0 Å². The Balaban J connectivity index is 1.69. The van der Waals surface area contributed by atoms with Crippen LogP contribution in [0.1, 0.15) is 16.8 Å². The number of rotatable bonds is 4. The van der Waals surface area contributed by atoms with E-state index < -0.39 is 10.2 Å². The summed E-state index contributed by atoms with van der Waals surface area (Å²) < 4.78 is 23.8. The van der Waals surface area contributed by atoms with Gasteiger partial charge < -0.3 is 5.32 Å². The number of nitrogens with one attached hydrogen (secondary N) is 2. The number of carbonyl (C=O) groups is 1. The molecule has 0 aliphatic carbocycles. The number of fused-ring (bicyclic) bond motifs is 1. The molecule has 1 aliphatic heterocycles. The molecule has 0 spiro atoms. The van der Waals surface area contributed by atoms with Gasteiger partial charge in [0, 0.05) is 30.6 Å². The van der Waals surface area contributed by atoms with Gasteiger partial charge in [-0.2, -0.15) is 17.8 Å². The summed E-state index contributed by atoms with van der Waals surface area (Å²) in [7, 11) is -3.78. The Bertz CT molecular complexity index is 859. The Hall–Kier alpha value is -2.56. The average Bonchev–Trinajstić information content (AvgIpc) is 3.08. The summed E-state index contributed by atoms with van der Waals surface area (Å²) in [5.74, 6) is -0.0688. The van der Waals surface area contributed by atoms with Gasteiger partial charge in [0.05, 0.1) is 12.2 Å². The zero-order valence-electron chi connectivity index (χ0n) is 11.9. The molecule has 9 nitrogen and oxygen atoms in total. The standard InChI is InChI=1S/C13H14N6O3S/c14-23(21,22)19-7-10-11(8-19)17-18-13(10)16-12(20)2-1-9-3-5-15-6-4-9/h1-6H,7-8H2,(H2,14,21,22)(H2,16,17,18,20)/b2-1-. The number of hydrogen-bond acceptors (Lipinski definition) is 5. The molecule has 120 valence electrons. The highest BCUT2D eigenvalue weighted by molar-refractivity contribution is 7.86. The number of aromatic amines is 1. The van der Waals surface area contributed by atoms with Crippen molar-refractivity contribution in [3.05, 3.63) is 47.4 Å². The summed E-state index contributed by atoms with van der Waals surface area (Å²) in [6, 6.07) is 3.53. The van der Waals surface area contributed by atoms with Gasteiger partial charge in [-0.25, -0.2) is 5.14 Å². The summed E-state index contributed by atoms with van der Waals surface area (Å²) in [5, 5.41) is 14.4.